The number of nitrogens with zero attached hydrogens (tertiary/aromatic N) is 3. The summed E-state index contributed by atoms with van der Waals surface area (Å²) in [7, 11) is 0. The second-order valence-electron chi connectivity index (χ2n) is 15.1. The van der Waals surface area contributed by atoms with E-state index in [4.69, 9.17) is 19.4 Å². The van der Waals surface area contributed by atoms with Gasteiger partial charge < -0.3 is 4.42 Å². The van der Waals surface area contributed by atoms with E-state index in [1.54, 1.807) is 0 Å². The molecule has 59 heavy (non-hydrogen) atoms. The largest absolute Gasteiger partial charge is 0.456 e. The van der Waals surface area contributed by atoms with Crippen LogP contribution < -0.4 is 0 Å². The van der Waals surface area contributed by atoms with Crippen molar-refractivity contribution in [3.63, 3.8) is 0 Å². The molecule has 0 fully saturated rings. The summed E-state index contributed by atoms with van der Waals surface area (Å²) in [5, 5.41) is 4.38. The van der Waals surface area contributed by atoms with Gasteiger partial charge in [0.2, 0.25) is 0 Å². The van der Waals surface area contributed by atoms with Crippen molar-refractivity contribution in [2.45, 2.75) is 12.3 Å². The highest BCUT2D eigenvalue weighted by atomic mass is 16.3. The molecule has 4 heteroatoms. The first-order valence-corrected chi connectivity index (χ1v) is 20.1. The summed E-state index contributed by atoms with van der Waals surface area (Å²) in [5.74, 6) is 2.24. The Bertz CT molecular complexity index is 3220. The fourth-order valence-corrected chi connectivity index (χ4v) is 8.53. The van der Waals surface area contributed by atoms with Crippen LogP contribution in [-0.2, 0) is 0 Å². The van der Waals surface area contributed by atoms with Crippen LogP contribution in [0.3, 0.4) is 0 Å². The van der Waals surface area contributed by atoms with Gasteiger partial charge in [0.05, 0.1) is 0 Å². The average Bonchev–Trinajstić information content (AvgIpc) is 3.70. The molecule has 4 nitrogen and oxygen atoms in total. The number of benzene rings is 8. The molecule has 0 amide bonds. The van der Waals surface area contributed by atoms with Crippen molar-refractivity contribution in [1.29, 1.82) is 0 Å². The predicted octanol–water partition coefficient (Wildman–Crippen LogP) is 14.4. The molecule has 2 aromatic heterocycles. The molecule has 0 radical (unpaired) electrons. The molecule has 0 saturated carbocycles. The van der Waals surface area contributed by atoms with E-state index in [9.17, 15) is 0 Å². The summed E-state index contributed by atoms with van der Waals surface area (Å²) in [5.41, 5.74) is 12.7. The summed E-state index contributed by atoms with van der Waals surface area (Å²) in [6, 6.07) is 65.9. The van der Waals surface area contributed by atoms with Crippen LogP contribution in [0.4, 0.5) is 0 Å². The maximum Gasteiger partial charge on any atom is 0.164 e. The normalized spacial score (nSPS) is 13.9. The SMILES string of the molecule is C1=CC(c2ccccc2)CC=C1c1nc(-c2ccc(-c3ccccc3)cc2)nc(-c2cccc3c(-c4cc(-c5ccccc5)cc5oc6ccccc6c45)cccc23)n1. The Labute approximate surface area is 342 Å². The number of rotatable bonds is 7. The van der Waals surface area contributed by atoms with Crippen LogP contribution in [0.15, 0.2) is 211 Å². The molecule has 10 aromatic rings. The van der Waals surface area contributed by atoms with Gasteiger partial charge in [-0.05, 0) is 74.3 Å². The van der Waals surface area contributed by atoms with E-state index >= 15 is 0 Å². The lowest BCUT2D eigenvalue weighted by molar-refractivity contribution is 0.669. The summed E-state index contributed by atoms with van der Waals surface area (Å²) >= 11 is 0. The van der Waals surface area contributed by atoms with Crippen LogP contribution in [0.2, 0.25) is 0 Å². The fourth-order valence-electron chi connectivity index (χ4n) is 8.53. The highest BCUT2D eigenvalue weighted by molar-refractivity contribution is 6.17. The minimum atomic E-state index is 0.307. The maximum atomic E-state index is 6.53. The molecule has 0 saturated heterocycles. The van der Waals surface area contributed by atoms with Gasteiger partial charge in [-0.1, -0.05) is 188 Å². The van der Waals surface area contributed by atoms with E-state index in [0.29, 0.717) is 23.4 Å². The smallest absolute Gasteiger partial charge is 0.164 e. The zero-order chi connectivity index (χ0) is 39.1. The second-order valence-corrected chi connectivity index (χ2v) is 15.1. The molecule has 0 bridgehead atoms. The number of aromatic nitrogens is 3. The minimum absolute atomic E-state index is 0.307. The van der Waals surface area contributed by atoms with E-state index in [0.717, 1.165) is 83.6 Å². The standard InChI is InChI=1S/C55H37N3O/c1-4-14-36(15-5-1)39-26-30-41(31-27-39)53-56-54(42-32-28-40(29-33-42)37-16-6-2-7-17-37)58-55(57-53)47-24-13-21-44-45(47)22-12-23-46(44)49-34-43(38-18-8-3-9-19-38)35-51-52(49)48-20-10-11-25-50(48)59-51/h1-28,30-35,40H,29H2. The Morgan fingerprint density at radius 3 is 1.71 bits per heavy atom. The number of furan rings is 1. The van der Waals surface area contributed by atoms with Crippen molar-refractivity contribution < 1.29 is 4.42 Å². The first-order valence-electron chi connectivity index (χ1n) is 20.1. The van der Waals surface area contributed by atoms with Gasteiger partial charge in [0, 0.05) is 33.4 Å². The molecule has 1 aliphatic rings. The van der Waals surface area contributed by atoms with Crippen molar-refractivity contribution in [3.05, 3.63) is 218 Å². The van der Waals surface area contributed by atoms with Crippen LogP contribution in [0.1, 0.15) is 23.7 Å². The third kappa shape index (κ3) is 6.41. The van der Waals surface area contributed by atoms with Crippen molar-refractivity contribution in [1.82, 2.24) is 15.0 Å². The number of hydrogen-bond donors (Lipinski definition) is 0. The predicted molar refractivity (Wildman–Crippen MR) is 243 cm³/mol. The molecule has 278 valence electrons. The summed E-state index contributed by atoms with van der Waals surface area (Å²) in [4.78, 5) is 15.6. The summed E-state index contributed by atoms with van der Waals surface area (Å²) < 4.78 is 6.53. The van der Waals surface area contributed by atoms with Gasteiger partial charge in [-0.15, -0.1) is 0 Å². The van der Waals surface area contributed by atoms with Crippen molar-refractivity contribution in [2.24, 2.45) is 0 Å². The van der Waals surface area contributed by atoms with E-state index in [1.807, 2.05) is 18.2 Å². The Balaban J connectivity index is 1.08. The van der Waals surface area contributed by atoms with Crippen molar-refractivity contribution in [3.8, 4) is 56.2 Å². The van der Waals surface area contributed by atoms with Crippen LogP contribution in [0.5, 0.6) is 0 Å². The van der Waals surface area contributed by atoms with E-state index in [2.05, 4.69) is 188 Å². The molecule has 1 unspecified atom stereocenters. The van der Waals surface area contributed by atoms with Gasteiger partial charge >= 0.3 is 0 Å². The third-order valence-corrected chi connectivity index (χ3v) is 11.5. The molecule has 0 spiro atoms. The number of fused-ring (bicyclic) bond motifs is 4. The lowest BCUT2D eigenvalue weighted by Crippen LogP contribution is -2.05. The fraction of sp³-hybridized carbons (Fsp3) is 0.0364. The molecule has 1 aliphatic carbocycles. The van der Waals surface area contributed by atoms with Gasteiger partial charge in [0.1, 0.15) is 11.2 Å². The number of allylic oxidation sites excluding steroid dienone is 4. The van der Waals surface area contributed by atoms with Gasteiger partial charge in [0.15, 0.2) is 17.5 Å². The summed E-state index contributed by atoms with van der Waals surface area (Å²) in [6.07, 6.45) is 7.58. The minimum Gasteiger partial charge on any atom is -0.456 e. The van der Waals surface area contributed by atoms with Crippen LogP contribution in [-0.4, -0.2) is 15.0 Å². The number of hydrogen-bond acceptors (Lipinski definition) is 4. The third-order valence-electron chi connectivity index (χ3n) is 11.5. The maximum absolute atomic E-state index is 6.53. The Kier molecular flexibility index (Phi) is 8.59. The van der Waals surface area contributed by atoms with E-state index in [-0.39, 0.29) is 0 Å². The van der Waals surface area contributed by atoms with Crippen molar-refractivity contribution >= 4 is 38.3 Å². The Hall–Kier alpha value is -7.69. The molecule has 8 aromatic carbocycles. The summed E-state index contributed by atoms with van der Waals surface area (Å²) in [6.45, 7) is 0. The van der Waals surface area contributed by atoms with Crippen LogP contribution in [0.25, 0.3) is 94.4 Å². The van der Waals surface area contributed by atoms with E-state index < -0.39 is 0 Å². The lowest BCUT2D eigenvalue weighted by Gasteiger charge is -2.17. The second kappa shape index (κ2) is 14.7. The quantitative estimate of drug-likeness (QED) is 0.163. The molecule has 1 atom stereocenters. The highest BCUT2D eigenvalue weighted by Crippen LogP contribution is 2.43. The average molecular weight is 756 g/mol. The Morgan fingerprint density at radius 1 is 0.407 bits per heavy atom. The van der Waals surface area contributed by atoms with Gasteiger partial charge in [0.25, 0.3) is 0 Å². The van der Waals surface area contributed by atoms with E-state index in [1.165, 1.54) is 11.1 Å². The monoisotopic (exact) mass is 755 g/mol. The van der Waals surface area contributed by atoms with Crippen LogP contribution in [0, 0.1) is 0 Å². The molecular weight excluding hydrogens is 719 g/mol. The zero-order valence-electron chi connectivity index (χ0n) is 32.2. The molecule has 11 rings (SSSR count). The number of para-hydroxylation sites is 1. The topological polar surface area (TPSA) is 51.8 Å². The molecule has 2 heterocycles. The van der Waals surface area contributed by atoms with Crippen molar-refractivity contribution in [2.75, 3.05) is 0 Å². The molecule has 0 aliphatic heterocycles. The molecule has 0 N–H and O–H groups in total. The lowest BCUT2D eigenvalue weighted by atomic mass is 9.90. The Morgan fingerprint density at radius 2 is 0.983 bits per heavy atom. The first-order chi connectivity index (χ1) is 29.2. The highest BCUT2D eigenvalue weighted by Gasteiger charge is 2.21. The van der Waals surface area contributed by atoms with Crippen LogP contribution >= 0.6 is 0 Å². The van der Waals surface area contributed by atoms with Gasteiger partial charge in [-0.2, -0.15) is 0 Å². The van der Waals surface area contributed by atoms with Gasteiger partial charge in [-0.3, -0.25) is 0 Å². The zero-order valence-corrected chi connectivity index (χ0v) is 32.2. The first kappa shape index (κ1) is 34.5. The molecular formula is C55H37N3O. The van der Waals surface area contributed by atoms with Gasteiger partial charge in [-0.25, -0.2) is 15.0 Å².